The molecule has 0 unspecified atom stereocenters. The fraction of sp³-hybridized carbons (Fsp3) is 0.440. The summed E-state index contributed by atoms with van der Waals surface area (Å²) in [4.78, 5) is 28.8. The number of ether oxygens (including phenoxy) is 1. The highest BCUT2D eigenvalue weighted by atomic mass is 32.2. The highest BCUT2D eigenvalue weighted by molar-refractivity contribution is 7.92. The minimum atomic E-state index is -5.53. The van der Waals surface area contributed by atoms with Gasteiger partial charge in [-0.2, -0.15) is 21.6 Å². The van der Waals surface area contributed by atoms with Crippen LogP contribution in [0, 0.1) is 5.82 Å². The summed E-state index contributed by atoms with van der Waals surface area (Å²) in [5.41, 5.74) is 0.141. The van der Waals surface area contributed by atoms with E-state index in [2.05, 4.69) is 15.5 Å². The number of carbonyl (C=O) groups excluding carboxylic acids is 2. The highest BCUT2D eigenvalue weighted by Gasteiger charge is 2.53. The number of nitrogens with one attached hydrogen (secondary N) is 2. The van der Waals surface area contributed by atoms with Crippen molar-refractivity contribution in [3.05, 3.63) is 47.3 Å². The van der Waals surface area contributed by atoms with Gasteiger partial charge in [0, 0.05) is 11.8 Å². The average Bonchev–Trinajstić information content (AvgIpc) is 3.18. The molecule has 2 N–H and O–H groups in total. The second-order valence-corrected chi connectivity index (χ2v) is 11.5. The van der Waals surface area contributed by atoms with E-state index in [1.807, 2.05) is 0 Å². The Morgan fingerprint density at radius 1 is 1.13 bits per heavy atom. The van der Waals surface area contributed by atoms with Crippen molar-refractivity contribution in [1.82, 2.24) is 5.32 Å². The number of halogens is 4. The van der Waals surface area contributed by atoms with E-state index in [0.29, 0.717) is 55.6 Å². The Morgan fingerprint density at radius 2 is 1.82 bits per heavy atom. The first-order chi connectivity index (χ1) is 18.4. The van der Waals surface area contributed by atoms with Crippen LogP contribution in [-0.2, 0) is 29.9 Å². The van der Waals surface area contributed by atoms with Crippen molar-refractivity contribution < 1.29 is 45.1 Å². The summed E-state index contributed by atoms with van der Waals surface area (Å²) in [5.74, 6) is -4.55. The molecule has 210 valence electrons. The molecule has 1 spiro atoms. The van der Waals surface area contributed by atoms with Gasteiger partial charge in [-0.05, 0) is 80.1 Å². The second kappa shape index (κ2) is 9.66. The monoisotopic (exact) mass is 571 g/mol. The number of carbonyl (C=O) groups is 2. The molecule has 0 radical (unpaired) electrons. The van der Waals surface area contributed by atoms with E-state index in [1.54, 1.807) is 0 Å². The number of fused-ring (bicyclic) bond motifs is 2. The van der Waals surface area contributed by atoms with Crippen molar-refractivity contribution >= 4 is 33.3 Å². The van der Waals surface area contributed by atoms with Gasteiger partial charge in [0.15, 0.2) is 0 Å². The Balaban J connectivity index is 1.72. The summed E-state index contributed by atoms with van der Waals surface area (Å²) < 4.78 is 86.1. The molecule has 1 aliphatic carbocycles. The van der Waals surface area contributed by atoms with Gasteiger partial charge < -0.3 is 20.2 Å². The Bertz CT molecular complexity index is 1440. The summed E-state index contributed by atoms with van der Waals surface area (Å²) in [6.07, 6.45) is -2.59. The lowest BCUT2D eigenvalue weighted by Gasteiger charge is -2.37. The predicted molar refractivity (Wildman–Crippen MR) is 130 cm³/mol. The average molecular weight is 572 g/mol. The van der Waals surface area contributed by atoms with Crippen molar-refractivity contribution in [2.24, 2.45) is 0 Å². The summed E-state index contributed by atoms with van der Waals surface area (Å²) in [6.45, 7) is 1.28. The van der Waals surface area contributed by atoms with E-state index in [-0.39, 0.29) is 16.3 Å². The van der Waals surface area contributed by atoms with Crippen LogP contribution in [0.5, 0.6) is 5.75 Å². The first-order valence-electron chi connectivity index (χ1n) is 12.3. The number of alkyl halides is 3. The molecular formula is C25H25F4N3O6S. The number of hydrogen-bond donors (Lipinski definition) is 2. The third-order valence-corrected chi connectivity index (χ3v) is 9.17. The van der Waals surface area contributed by atoms with Crippen molar-refractivity contribution in [3.63, 3.8) is 0 Å². The third-order valence-electron chi connectivity index (χ3n) is 7.56. The van der Waals surface area contributed by atoms with Crippen LogP contribution in [0.2, 0.25) is 0 Å². The maximum absolute atomic E-state index is 13.8. The molecule has 2 heterocycles. The summed E-state index contributed by atoms with van der Waals surface area (Å²) in [7, 11) is -4.03. The zero-order chi connectivity index (χ0) is 28.2. The molecule has 0 aromatic heterocycles. The van der Waals surface area contributed by atoms with Gasteiger partial charge in [-0.15, -0.1) is 0 Å². The molecule has 9 nitrogen and oxygen atoms in total. The largest absolute Gasteiger partial charge is 0.495 e. The molecule has 39 heavy (non-hydrogen) atoms. The van der Waals surface area contributed by atoms with E-state index < -0.39 is 49.7 Å². The van der Waals surface area contributed by atoms with Gasteiger partial charge in [0.2, 0.25) is 5.91 Å². The normalized spacial score (nSPS) is 18.7. The van der Waals surface area contributed by atoms with Crippen LogP contribution in [0.3, 0.4) is 0 Å². The number of nitrogens with zero attached hydrogens (tertiary/aromatic N) is 1. The van der Waals surface area contributed by atoms with Gasteiger partial charge in [0.25, 0.3) is 10.0 Å². The molecule has 0 atom stereocenters. The molecule has 3 aliphatic rings. The minimum Gasteiger partial charge on any atom is -0.495 e. The third kappa shape index (κ3) is 4.58. The van der Waals surface area contributed by atoms with Crippen molar-refractivity contribution in [2.45, 2.75) is 54.5 Å². The number of anilines is 2. The van der Waals surface area contributed by atoms with Crippen molar-refractivity contribution in [2.75, 3.05) is 30.0 Å². The fourth-order valence-corrected chi connectivity index (χ4v) is 6.78. The smallest absolute Gasteiger partial charge is 0.493 e. The molecule has 2 aromatic carbocycles. The maximum atomic E-state index is 13.8. The van der Waals surface area contributed by atoms with Gasteiger partial charge in [-0.3, -0.25) is 4.79 Å². The first-order valence-corrected chi connectivity index (χ1v) is 13.7. The van der Waals surface area contributed by atoms with Crippen LogP contribution in [0.4, 0.5) is 28.9 Å². The molecule has 2 aromatic rings. The Morgan fingerprint density at radius 3 is 2.41 bits per heavy atom. The van der Waals surface area contributed by atoms with Crippen LogP contribution < -0.4 is 19.8 Å². The van der Waals surface area contributed by atoms with Crippen LogP contribution in [0.25, 0.3) is 0 Å². The minimum absolute atomic E-state index is 0.113. The predicted octanol–water partition coefficient (Wildman–Crippen LogP) is 3.89. The number of sulfonamides is 1. The van der Waals surface area contributed by atoms with Crippen LogP contribution in [-0.4, -0.2) is 46.7 Å². The first kappa shape index (κ1) is 27.2. The van der Waals surface area contributed by atoms with E-state index in [4.69, 9.17) is 4.74 Å². The maximum Gasteiger partial charge on any atom is 0.493 e. The Hall–Kier alpha value is -3.39. The molecule has 2 aliphatic heterocycles. The van der Waals surface area contributed by atoms with E-state index >= 15 is 0 Å². The number of methoxy groups -OCH3 is 1. The quantitative estimate of drug-likeness (QED) is 0.400. The van der Waals surface area contributed by atoms with Gasteiger partial charge in [-0.25, -0.2) is 9.18 Å². The van der Waals surface area contributed by atoms with Crippen LogP contribution in [0.1, 0.15) is 49.1 Å². The van der Waals surface area contributed by atoms with Crippen molar-refractivity contribution in [1.29, 1.82) is 0 Å². The van der Waals surface area contributed by atoms with Crippen molar-refractivity contribution in [3.8, 4) is 5.75 Å². The molecule has 2 fully saturated rings. The van der Waals surface area contributed by atoms with Gasteiger partial charge in [-0.1, -0.05) is 10.9 Å². The number of hydrogen-bond acceptors (Lipinski definition) is 7. The van der Waals surface area contributed by atoms with Gasteiger partial charge in [0.05, 0.1) is 18.2 Å². The fourth-order valence-electron chi connectivity index (χ4n) is 5.42. The Labute approximate surface area is 221 Å². The second-order valence-electron chi connectivity index (χ2n) is 9.78. The molecule has 1 saturated heterocycles. The lowest BCUT2D eigenvalue weighted by molar-refractivity contribution is -0.199. The molecular weight excluding hydrogens is 546 g/mol. The molecule has 5 rings (SSSR count). The summed E-state index contributed by atoms with van der Waals surface area (Å²) in [5, 5.41) is 6.12. The van der Waals surface area contributed by atoms with E-state index in [9.17, 15) is 35.6 Å². The van der Waals surface area contributed by atoms with Crippen LogP contribution >= 0.6 is 0 Å². The highest BCUT2D eigenvalue weighted by Crippen LogP contribution is 2.54. The molecule has 1 amide bonds. The lowest BCUT2D eigenvalue weighted by atomic mass is 9.65. The Kier molecular flexibility index (Phi) is 6.74. The number of piperidine rings is 1. The molecule has 0 bridgehead atoms. The molecule has 14 heteroatoms. The van der Waals surface area contributed by atoms with Gasteiger partial charge >= 0.3 is 12.1 Å². The number of rotatable bonds is 6. The summed E-state index contributed by atoms with van der Waals surface area (Å²) in [6, 6.07) is 4.93. The number of amides is 1. The lowest BCUT2D eigenvalue weighted by Crippen LogP contribution is -2.41. The summed E-state index contributed by atoms with van der Waals surface area (Å²) >= 11 is 0. The van der Waals surface area contributed by atoms with Crippen LogP contribution in [0.15, 0.2) is 35.2 Å². The zero-order valence-electron chi connectivity index (χ0n) is 20.7. The van der Waals surface area contributed by atoms with Gasteiger partial charge in [0.1, 0.15) is 16.5 Å². The van der Waals surface area contributed by atoms with E-state index in [0.717, 1.165) is 31.7 Å². The zero-order valence-corrected chi connectivity index (χ0v) is 21.5. The standard InChI is InChI=1S/C25H25F4N3O6S/c1-37-19-11-15(26)3-4-20(19)39(35,36)32(38-23(34)25(27,28)29)16-12-17(14-5-9-30-10-6-14)21-18(13-16)24(7-2-8-24)22(33)31-21/h3-4,11-14,30H,2,5-10H2,1H3,(H,31,33). The SMILES string of the molecule is COc1cc(F)ccc1S(=O)(=O)N(OC(=O)C(F)(F)F)c1cc(C2CCNCC2)c2c(c1)C1(CCC1)C(=O)N2. The van der Waals surface area contributed by atoms with E-state index in [1.165, 1.54) is 12.1 Å². The molecule has 1 saturated carbocycles. The number of benzene rings is 2. The topological polar surface area (TPSA) is 114 Å².